The number of hydrogen-bond donors (Lipinski definition) is 0. The molecule has 1 aromatic carbocycles. The summed E-state index contributed by atoms with van der Waals surface area (Å²) in [4.78, 5) is 4.17. The highest BCUT2D eigenvalue weighted by Crippen LogP contribution is 2.50. The van der Waals surface area contributed by atoms with Gasteiger partial charge in [0.15, 0.2) is 0 Å². The zero-order valence-corrected chi connectivity index (χ0v) is 22.9. The molecule has 1 aromatic heterocycles. The molecule has 1 aliphatic carbocycles. The number of nitrogens with zero attached hydrogens (tertiary/aromatic N) is 1. The first-order valence-electron chi connectivity index (χ1n) is 12.7. The van der Waals surface area contributed by atoms with E-state index >= 15 is 0 Å². The van der Waals surface area contributed by atoms with Gasteiger partial charge in [-0.15, -0.1) is 0 Å². The van der Waals surface area contributed by atoms with E-state index in [4.69, 9.17) is 0 Å². The van der Waals surface area contributed by atoms with Crippen LogP contribution in [0.1, 0.15) is 111 Å². The van der Waals surface area contributed by atoms with Crippen molar-refractivity contribution in [2.24, 2.45) is 5.92 Å². The molecule has 2 unspecified atom stereocenters. The van der Waals surface area contributed by atoms with Gasteiger partial charge in [-0.25, -0.2) is 8.78 Å². The highest BCUT2D eigenvalue weighted by molar-refractivity contribution is 5.30. The Kier molecular flexibility index (Phi) is 18.5. The first-order valence-corrected chi connectivity index (χ1v) is 12.7. The van der Waals surface area contributed by atoms with Gasteiger partial charge in [-0.05, 0) is 61.6 Å². The first kappa shape index (κ1) is 33.1. The summed E-state index contributed by atoms with van der Waals surface area (Å²) >= 11 is 0. The van der Waals surface area contributed by atoms with Crippen LogP contribution >= 0.6 is 0 Å². The van der Waals surface area contributed by atoms with Gasteiger partial charge in [0.05, 0.1) is 0 Å². The van der Waals surface area contributed by atoms with Gasteiger partial charge in [0.1, 0.15) is 0 Å². The molecule has 1 saturated carbocycles. The van der Waals surface area contributed by atoms with Crippen molar-refractivity contribution in [3.05, 3.63) is 77.6 Å². The molecule has 0 amide bonds. The minimum atomic E-state index is -2.60. The number of halogens is 2. The topological polar surface area (TPSA) is 12.9 Å². The van der Waals surface area contributed by atoms with E-state index in [1.165, 1.54) is 17.6 Å². The van der Waals surface area contributed by atoms with Crippen molar-refractivity contribution in [3.63, 3.8) is 0 Å². The van der Waals surface area contributed by atoms with Crippen molar-refractivity contribution in [1.29, 1.82) is 0 Å². The van der Waals surface area contributed by atoms with E-state index in [0.29, 0.717) is 12.3 Å². The molecule has 1 fully saturated rings. The Morgan fingerprint density at radius 2 is 1.55 bits per heavy atom. The Labute approximate surface area is 203 Å². The minimum Gasteiger partial charge on any atom is -0.261 e. The molecule has 2 atom stereocenters. The summed E-state index contributed by atoms with van der Waals surface area (Å²) in [6.45, 7) is 23.2. The molecule has 33 heavy (non-hydrogen) atoms. The molecule has 0 saturated heterocycles. The fourth-order valence-corrected chi connectivity index (χ4v) is 3.08. The van der Waals surface area contributed by atoms with Crippen molar-refractivity contribution >= 4 is 0 Å². The quantitative estimate of drug-likeness (QED) is 0.390. The number of benzene rings is 1. The molecule has 3 heteroatoms. The summed E-state index contributed by atoms with van der Waals surface area (Å²) in [6, 6.07) is 14.5. The molecule has 0 bridgehead atoms. The van der Waals surface area contributed by atoms with Crippen LogP contribution in [0.15, 0.2) is 60.8 Å². The Morgan fingerprint density at radius 3 is 1.91 bits per heavy atom. The minimum absolute atomic E-state index is 0.138. The maximum atomic E-state index is 12.6. The molecule has 1 heterocycles. The summed E-state index contributed by atoms with van der Waals surface area (Å²) in [5.41, 5.74) is 4.69. The molecule has 0 aliphatic heterocycles. The van der Waals surface area contributed by atoms with Crippen molar-refractivity contribution in [1.82, 2.24) is 4.98 Å². The van der Waals surface area contributed by atoms with Crippen LogP contribution in [0.2, 0.25) is 0 Å². The van der Waals surface area contributed by atoms with Crippen LogP contribution in [0.4, 0.5) is 8.78 Å². The van der Waals surface area contributed by atoms with E-state index in [9.17, 15) is 8.78 Å². The first-order chi connectivity index (χ1) is 15.7. The standard InChI is InChI=1S/C12H17F2N.C12H14.3C2H6/c1-9(2)10-4-5-11(15-8-10)6-7-12(3,13)14;1-9(2)11-8-12(11)10-6-4-3-5-7-10;3*1-2/h4-5,8-9H,6-7H2,1-3H3;3-7,11-12H,1,8H2,2H3;3*1-2H3. The Balaban J connectivity index is 0. The van der Waals surface area contributed by atoms with E-state index in [1.807, 2.05) is 53.7 Å². The average molecular weight is 462 g/mol. The Hall–Kier alpha value is -2.03. The molecule has 188 valence electrons. The monoisotopic (exact) mass is 461 g/mol. The number of hydrogen-bond acceptors (Lipinski definition) is 1. The third-order valence-electron chi connectivity index (χ3n) is 4.99. The lowest BCUT2D eigenvalue weighted by Crippen LogP contribution is -2.11. The van der Waals surface area contributed by atoms with Gasteiger partial charge < -0.3 is 0 Å². The Bertz CT molecular complexity index is 715. The lowest BCUT2D eigenvalue weighted by Gasteiger charge is -2.10. The zero-order valence-electron chi connectivity index (χ0n) is 22.9. The SMILES string of the molecule is C=C(C)C1CC1c1ccccc1.CC.CC.CC.CC(C)c1ccc(CCC(C)(F)F)nc1. The number of aryl methyl sites for hydroxylation is 1. The molecule has 2 aromatic rings. The molecule has 1 aliphatic rings. The zero-order chi connectivity index (χ0) is 26.0. The predicted molar refractivity (Wildman–Crippen MR) is 143 cm³/mol. The number of alkyl halides is 2. The van der Waals surface area contributed by atoms with Gasteiger partial charge in [0.2, 0.25) is 5.92 Å². The summed E-state index contributed by atoms with van der Waals surface area (Å²) in [5, 5.41) is 0. The summed E-state index contributed by atoms with van der Waals surface area (Å²) in [6.07, 6.45) is 3.27. The molecular weight excluding hydrogens is 412 g/mol. The van der Waals surface area contributed by atoms with Gasteiger partial charge in [-0.2, -0.15) is 0 Å². The second-order valence-electron chi connectivity index (χ2n) is 8.01. The highest BCUT2D eigenvalue weighted by Gasteiger charge is 2.38. The largest absolute Gasteiger partial charge is 0.261 e. The van der Waals surface area contributed by atoms with Crippen molar-refractivity contribution in [3.8, 4) is 0 Å². The average Bonchev–Trinajstić information content (AvgIpc) is 3.64. The van der Waals surface area contributed by atoms with Crippen LogP contribution in [0, 0.1) is 5.92 Å². The van der Waals surface area contributed by atoms with Gasteiger partial charge in [-0.3, -0.25) is 4.98 Å². The predicted octanol–water partition coefficient (Wildman–Crippen LogP) is 10.2. The molecule has 1 nitrogen and oxygen atoms in total. The van der Waals surface area contributed by atoms with E-state index in [0.717, 1.165) is 30.0 Å². The van der Waals surface area contributed by atoms with Crippen LogP contribution in [0.3, 0.4) is 0 Å². The smallest absolute Gasteiger partial charge is 0.245 e. The molecule has 0 N–H and O–H groups in total. The number of pyridine rings is 1. The molecule has 0 spiro atoms. The third kappa shape index (κ3) is 14.7. The second-order valence-corrected chi connectivity index (χ2v) is 8.01. The van der Waals surface area contributed by atoms with E-state index in [1.54, 1.807) is 6.20 Å². The van der Waals surface area contributed by atoms with E-state index in [-0.39, 0.29) is 6.42 Å². The van der Waals surface area contributed by atoms with Crippen LogP contribution in [0.5, 0.6) is 0 Å². The van der Waals surface area contributed by atoms with Gasteiger partial charge >= 0.3 is 0 Å². The maximum Gasteiger partial charge on any atom is 0.245 e. The molecule has 3 rings (SSSR count). The number of allylic oxidation sites excluding steroid dienone is 1. The van der Waals surface area contributed by atoms with Gasteiger partial charge in [0, 0.05) is 18.3 Å². The van der Waals surface area contributed by atoms with Gasteiger partial charge in [-0.1, -0.05) is 104 Å². The second kappa shape index (κ2) is 18.4. The fourth-order valence-electron chi connectivity index (χ4n) is 3.08. The van der Waals surface area contributed by atoms with Crippen LogP contribution in [-0.2, 0) is 6.42 Å². The van der Waals surface area contributed by atoms with Crippen molar-refractivity contribution in [2.75, 3.05) is 0 Å². The van der Waals surface area contributed by atoms with Crippen molar-refractivity contribution < 1.29 is 8.78 Å². The van der Waals surface area contributed by atoms with Gasteiger partial charge in [0.25, 0.3) is 0 Å². The number of aromatic nitrogens is 1. The van der Waals surface area contributed by atoms with Crippen molar-refractivity contribution in [2.45, 2.75) is 106 Å². The number of rotatable bonds is 6. The molecular formula is C30H49F2N. The fraction of sp³-hybridized carbons (Fsp3) is 0.567. The normalized spacial score (nSPS) is 15.8. The summed E-state index contributed by atoms with van der Waals surface area (Å²) in [7, 11) is 0. The summed E-state index contributed by atoms with van der Waals surface area (Å²) in [5.74, 6) is -0.645. The maximum absolute atomic E-state index is 12.6. The summed E-state index contributed by atoms with van der Waals surface area (Å²) < 4.78 is 25.2. The highest BCUT2D eigenvalue weighted by atomic mass is 19.3. The Morgan fingerprint density at radius 1 is 1.00 bits per heavy atom. The van der Waals surface area contributed by atoms with Crippen LogP contribution in [-0.4, -0.2) is 10.9 Å². The lowest BCUT2D eigenvalue weighted by atomic mass is 10.0. The van der Waals surface area contributed by atoms with E-state index in [2.05, 4.69) is 62.7 Å². The third-order valence-corrected chi connectivity index (χ3v) is 4.99. The lowest BCUT2D eigenvalue weighted by molar-refractivity contribution is 0.0130. The van der Waals surface area contributed by atoms with Crippen LogP contribution in [0.25, 0.3) is 0 Å². The van der Waals surface area contributed by atoms with Crippen LogP contribution < -0.4 is 0 Å². The molecule has 0 radical (unpaired) electrons. The van der Waals surface area contributed by atoms with E-state index < -0.39 is 5.92 Å².